The summed E-state index contributed by atoms with van der Waals surface area (Å²) in [7, 11) is 0. The molecule has 2 rings (SSSR count). The number of carboxylic acid groups (broad SMARTS) is 1. The van der Waals surface area contributed by atoms with E-state index in [0.29, 0.717) is 18.5 Å². The van der Waals surface area contributed by atoms with Gasteiger partial charge in [-0.2, -0.15) is 0 Å². The summed E-state index contributed by atoms with van der Waals surface area (Å²) in [6.07, 6.45) is 3.78. The SMILES string of the molecule is CCCC[C@H](NC(=O)c1ccc(N2CCCC2)c([N+](=O)[O-])c1)C(=O)O. The summed E-state index contributed by atoms with van der Waals surface area (Å²) in [5, 5.41) is 23.0. The first-order chi connectivity index (χ1) is 11.9. The van der Waals surface area contributed by atoms with Gasteiger partial charge in [-0.25, -0.2) is 4.79 Å². The Kier molecular flexibility index (Phi) is 6.32. The molecular formula is C17H23N3O5. The number of hydrogen-bond donors (Lipinski definition) is 2. The lowest BCUT2D eigenvalue weighted by molar-refractivity contribution is -0.384. The molecule has 136 valence electrons. The molecule has 0 radical (unpaired) electrons. The van der Waals surface area contributed by atoms with E-state index in [-0.39, 0.29) is 11.3 Å². The van der Waals surface area contributed by atoms with Crippen molar-refractivity contribution in [3.8, 4) is 0 Å². The van der Waals surface area contributed by atoms with E-state index in [1.54, 1.807) is 6.07 Å². The van der Waals surface area contributed by atoms with Gasteiger partial charge in [0.2, 0.25) is 0 Å². The molecule has 0 aliphatic carbocycles. The second kappa shape index (κ2) is 8.46. The summed E-state index contributed by atoms with van der Waals surface area (Å²) in [6.45, 7) is 3.44. The molecule has 1 amide bonds. The molecular weight excluding hydrogens is 326 g/mol. The van der Waals surface area contributed by atoms with Gasteiger partial charge in [-0.15, -0.1) is 0 Å². The van der Waals surface area contributed by atoms with Crippen LogP contribution >= 0.6 is 0 Å². The minimum absolute atomic E-state index is 0.0948. The number of anilines is 1. The van der Waals surface area contributed by atoms with E-state index >= 15 is 0 Å². The number of rotatable bonds is 8. The number of nitrogens with one attached hydrogen (secondary N) is 1. The number of hydrogen-bond acceptors (Lipinski definition) is 5. The summed E-state index contributed by atoms with van der Waals surface area (Å²) >= 11 is 0. The summed E-state index contributed by atoms with van der Waals surface area (Å²) in [4.78, 5) is 36.4. The predicted molar refractivity (Wildman–Crippen MR) is 93.0 cm³/mol. The Morgan fingerprint density at radius 3 is 2.60 bits per heavy atom. The first-order valence-electron chi connectivity index (χ1n) is 8.51. The number of nitro benzene ring substituents is 1. The van der Waals surface area contributed by atoms with Crippen LogP contribution in [-0.4, -0.2) is 41.0 Å². The van der Waals surface area contributed by atoms with E-state index in [4.69, 9.17) is 0 Å². The van der Waals surface area contributed by atoms with Crippen LogP contribution in [0.25, 0.3) is 0 Å². The van der Waals surface area contributed by atoms with Crippen LogP contribution in [0.1, 0.15) is 49.4 Å². The van der Waals surface area contributed by atoms with Crippen LogP contribution in [0.3, 0.4) is 0 Å². The molecule has 1 saturated heterocycles. The molecule has 0 saturated carbocycles. The fraction of sp³-hybridized carbons (Fsp3) is 0.529. The third-order valence-corrected chi connectivity index (χ3v) is 4.33. The molecule has 0 spiro atoms. The minimum atomic E-state index is -1.11. The third kappa shape index (κ3) is 4.68. The molecule has 1 aromatic rings. The summed E-state index contributed by atoms with van der Waals surface area (Å²) in [5.41, 5.74) is 0.465. The number of amides is 1. The molecule has 2 N–H and O–H groups in total. The molecule has 25 heavy (non-hydrogen) atoms. The lowest BCUT2D eigenvalue weighted by Crippen LogP contribution is -2.40. The van der Waals surface area contributed by atoms with Gasteiger partial charge >= 0.3 is 5.97 Å². The lowest BCUT2D eigenvalue weighted by Gasteiger charge is -2.18. The highest BCUT2D eigenvalue weighted by atomic mass is 16.6. The largest absolute Gasteiger partial charge is 0.480 e. The maximum absolute atomic E-state index is 12.3. The van der Waals surface area contributed by atoms with E-state index in [2.05, 4.69) is 5.32 Å². The van der Waals surface area contributed by atoms with Crippen molar-refractivity contribution >= 4 is 23.3 Å². The Labute approximate surface area is 146 Å². The zero-order chi connectivity index (χ0) is 18.4. The second-order valence-electron chi connectivity index (χ2n) is 6.16. The molecule has 1 aromatic carbocycles. The van der Waals surface area contributed by atoms with E-state index in [1.165, 1.54) is 12.1 Å². The van der Waals surface area contributed by atoms with Crippen molar-refractivity contribution < 1.29 is 19.6 Å². The zero-order valence-corrected chi connectivity index (χ0v) is 14.2. The van der Waals surface area contributed by atoms with E-state index in [1.807, 2.05) is 11.8 Å². The molecule has 1 atom stereocenters. The van der Waals surface area contributed by atoms with Crippen LogP contribution in [0.15, 0.2) is 18.2 Å². The van der Waals surface area contributed by atoms with Crippen molar-refractivity contribution in [2.45, 2.75) is 45.1 Å². The van der Waals surface area contributed by atoms with Gasteiger partial charge in [-0.3, -0.25) is 14.9 Å². The van der Waals surface area contributed by atoms with Crippen molar-refractivity contribution in [2.75, 3.05) is 18.0 Å². The zero-order valence-electron chi connectivity index (χ0n) is 14.2. The maximum atomic E-state index is 12.3. The third-order valence-electron chi connectivity index (χ3n) is 4.33. The average Bonchev–Trinajstić information content (AvgIpc) is 3.11. The standard InChI is InChI=1S/C17H23N3O5/c1-2-3-6-13(17(22)23)18-16(21)12-7-8-14(15(11-12)20(24)25)19-9-4-5-10-19/h7-8,11,13H,2-6,9-10H2,1H3,(H,18,21)(H,22,23)/t13-/m0/s1. The second-order valence-corrected chi connectivity index (χ2v) is 6.16. The molecule has 8 nitrogen and oxygen atoms in total. The van der Waals surface area contributed by atoms with E-state index in [0.717, 1.165) is 32.4 Å². The minimum Gasteiger partial charge on any atom is -0.480 e. The van der Waals surface area contributed by atoms with Crippen LogP contribution in [0.5, 0.6) is 0 Å². The Hall–Kier alpha value is -2.64. The Morgan fingerprint density at radius 2 is 2.04 bits per heavy atom. The van der Waals surface area contributed by atoms with Crippen LogP contribution in [0.4, 0.5) is 11.4 Å². The lowest BCUT2D eigenvalue weighted by atomic mass is 10.1. The highest BCUT2D eigenvalue weighted by molar-refractivity contribution is 5.97. The van der Waals surface area contributed by atoms with Gasteiger partial charge in [0, 0.05) is 24.7 Å². The van der Waals surface area contributed by atoms with Crippen molar-refractivity contribution in [1.29, 1.82) is 0 Å². The number of carboxylic acids is 1. The average molecular weight is 349 g/mol. The van der Waals surface area contributed by atoms with Crippen LogP contribution in [0.2, 0.25) is 0 Å². The summed E-state index contributed by atoms with van der Waals surface area (Å²) < 4.78 is 0. The van der Waals surface area contributed by atoms with Crippen molar-refractivity contribution in [1.82, 2.24) is 5.32 Å². The van der Waals surface area contributed by atoms with Crippen LogP contribution in [-0.2, 0) is 4.79 Å². The molecule has 1 heterocycles. The van der Waals surface area contributed by atoms with Crippen LogP contribution < -0.4 is 10.2 Å². The molecule has 1 fully saturated rings. The number of nitro groups is 1. The molecule has 0 unspecified atom stereocenters. The van der Waals surface area contributed by atoms with E-state index < -0.39 is 22.8 Å². The number of nitrogens with zero attached hydrogens (tertiary/aromatic N) is 2. The normalized spacial score (nSPS) is 15.0. The molecule has 1 aliphatic rings. The molecule has 1 aliphatic heterocycles. The predicted octanol–water partition coefficient (Wildman–Crippen LogP) is 2.57. The quantitative estimate of drug-likeness (QED) is 0.551. The Bertz CT molecular complexity index is 656. The maximum Gasteiger partial charge on any atom is 0.326 e. The summed E-state index contributed by atoms with van der Waals surface area (Å²) in [5.74, 6) is -1.72. The van der Waals surface area contributed by atoms with Crippen molar-refractivity contribution in [3.05, 3.63) is 33.9 Å². The number of carbonyl (C=O) groups is 2. The summed E-state index contributed by atoms with van der Waals surface area (Å²) in [6, 6.07) is 3.31. The van der Waals surface area contributed by atoms with Gasteiger partial charge in [0.1, 0.15) is 11.7 Å². The fourth-order valence-corrected chi connectivity index (χ4v) is 2.94. The van der Waals surface area contributed by atoms with Gasteiger partial charge < -0.3 is 15.3 Å². The van der Waals surface area contributed by atoms with Crippen molar-refractivity contribution in [2.24, 2.45) is 0 Å². The number of aliphatic carboxylic acids is 1. The number of unbranched alkanes of at least 4 members (excludes halogenated alkanes) is 1. The molecule has 0 bridgehead atoms. The molecule has 0 aromatic heterocycles. The number of carbonyl (C=O) groups excluding carboxylic acids is 1. The van der Waals surface area contributed by atoms with Crippen molar-refractivity contribution in [3.63, 3.8) is 0 Å². The topological polar surface area (TPSA) is 113 Å². The highest BCUT2D eigenvalue weighted by Gasteiger charge is 2.25. The Morgan fingerprint density at radius 1 is 1.36 bits per heavy atom. The molecule has 8 heteroatoms. The Balaban J connectivity index is 2.20. The van der Waals surface area contributed by atoms with Gasteiger partial charge in [-0.05, 0) is 31.4 Å². The van der Waals surface area contributed by atoms with Crippen LogP contribution in [0, 0.1) is 10.1 Å². The smallest absolute Gasteiger partial charge is 0.326 e. The first kappa shape index (κ1) is 18.7. The van der Waals surface area contributed by atoms with Gasteiger partial charge in [0.25, 0.3) is 11.6 Å². The fourth-order valence-electron chi connectivity index (χ4n) is 2.94. The van der Waals surface area contributed by atoms with Gasteiger partial charge in [0.05, 0.1) is 4.92 Å². The monoisotopic (exact) mass is 349 g/mol. The number of benzene rings is 1. The van der Waals surface area contributed by atoms with E-state index in [9.17, 15) is 24.8 Å². The van der Waals surface area contributed by atoms with Gasteiger partial charge in [-0.1, -0.05) is 19.8 Å². The highest BCUT2D eigenvalue weighted by Crippen LogP contribution is 2.31. The van der Waals surface area contributed by atoms with Gasteiger partial charge in [0.15, 0.2) is 0 Å². The first-order valence-corrected chi connectivity index (χ1v) is 8.51.